The van der Waals surface area contributed by atoms with Crippen LogP contribution in [0.5, 0.6) is 0 Å². The van der Waals surface area contributed by atoms with Crippen LogP contribution in [-0.2, 0) is 9.53 Å². The van der Waals surface area contributed by atoms with Crippen LogP contribution in [-0.4, -0.2) is 13.1 Å². The first-order valence-electron chi connectivity index (χ1n) is 4.00. The molecule has 0 fully saturated rings. The van der Waals surface area contributed by atoms with Crippen LogP contribution in [0.4, 0.5) is 5.69 Å². The highest BCUT2D eigenvalue weighted by Gasteiger charge is 1.92. The van der Waals surface area contributed by atoms with E-state index >= 15 is 0 Å². The molecule has 0 aromatic heterocycles. The molecule has 0 aliphatic carbocycles. The van der Waals surface area contributed by atoms with Crippen molar-refractivity contribution in [3.63, 3.8) is 0 Å². The van der Waals surface area contributed by atoms with Gasteiger partial charge in [0.1, 0.15) is 0 Å². The first-order valence-corrected chi connectivity index (χ1v) is 4.00. The number of esters is 1. The van der Waals surface area contributed by atoms with Gasteiger partial charge in [0, 0.05) is 6.08 Å². The lowest BCUT2D eigenvalue weighted by Gasteiger charge is -1.93. The first kappa shape index (κ1) is 10.0. The van der Waals surface area contributed by atoms with E-state index in [4.69, 9.17) is 6.57 Å². The van der Waals surface area contributed by atoms with E-state index in [1.54, 1.807) is 30.3 Å². The van der Waals surface area contributed by atoms with Gasteiger partial charge in [-0.3, -0.25) is 0 Å². The maximum atomic E-state index is 10.8. The molecule has 0 saturated carbocycles. The van der Waals surface area contributed by atoms with Gasteiger partial charge >= 0.3 is 5.97 Å². The molecule has 0 unspecified atom stereocenters. The number of rotatable bonds is 2. The zero-order valence-corrected chi connectivity index (χ0v) is 7.73. The molecule has 0 bridgehead atoms. The van der Waals surface area contributed by atoms with Gasteiger partial charge in [-0.15, -0.1) is 0 Å². The van der Waals surface area contributed by atoms with E-state index in [0.29, 0.717) is 5.69 Å². The summed E-state index contributed by atoms with van der Waals surface area (Å²) in [5.41, 5.74) is 1.45. The smallest absolute Gasteiger partial charge is 0.330 e. The van der Waals surface area contributed by atoms with E-state index in [1.807, 2.05) is 0 Å². The zero-order valence-electron chi connectivity index (χ0n) is 7.73. The second-order valence-corrected chi connectivity index (χ2v) is 2.56. The van der Waals surface area contributed by atoms with Gasteiger partial charge in [-0.1, -0.05) is 24.3 Å². The average Bonchev–Trinajstić information content (AvgIpc) is 2.26. The summed E-state index contributed by atoms with van der Waals surface area (Å²) in [5.74, 6) is -0.390. The summed E-state index contributed by atoms with van der Waals surface area (Å²) >= 11 is 0. The van der Waals surface area contributed by atoms with E-state index < -0.39 is 0 Å². The maximum absolute atomic E-state index is 10.8. The summed E-state index contributed by atoms with van der Waals surface area (Å²) in [6.07, 6.45) is 2.98. The molecular formula is C11H9NO2. The molecule has 70 valence electrons. The molecule has 0 radical (unpaired) electrons. The summed E-state index contributed by atoms with van der Waals surface area (Å²) in [6.45, 7) is 6.75. The van der Waals surface area contributed by atoms with Crippen LogP contribution in [0.25, 0.3) is 10.9 Å². The minimum atomic E-state index is -0.390. The van der Waals surface area contributed by atoms with E-state index in [2.05, 4.69) is 9.58 Å². The fourth-order valence-corrected chi connectivity index (χ4v) is 0.892. The van der Waals surface area contributed by atoms with Gasteiger partial charge in [0.15, 0.2) is 5.69 Å². The van der Waals surface area contributed by atoms with Crippen molar-refractivity contribution in [1.29, 1.82) is 0 Å². The van der Waals surface area contributed by atoms with Gasteiger partial charge in [0.25, 0.3) is 0 Å². The molecule has 3 heteroatoms. The van der Waals surface area contributed by atoms with Gasteiger partial charge < -0.3 is 4.74 Å². The van der Waals surface area contributed by atoms with Crippen molar-refractivity contribution in [2.45, 2.75) is 0 Å². The number of carbonyl (C=O) groups excluding carboxylic acids is 1. The minimum absolute atomic E-state index is 0.390. The first-order chi connectivity index (χ1) is 6.76. The van der Waals surface area contributed by atoms with Crippen LogP contribution in [0.15, 0.2) is 30.3 Å². The third-order valence-corrected chi connectivity index (χ3v) is 1.64. The number of hydrogen-bond acceptors (Lipinski definition) is 2. The Morgan fingerprint density at radius 1 is 1.43 bits per heavy atom. The lowest BCUT2D eigenvalue weighted by Crippen LogP contribution is -1.92. The Labute approximate surface area is 82.4 Å². The largest absolute Gasteiger partial charge is 0.466 e. The maximum Gasteiger partial charge on any atom is 0.330 e. The van der Waals surface area contributed by atoms with Crippen molar-refractivity contribution < 1.29 is 9.53 Å². The predicted molar refractivity (Wildman–Crippen MR) is 53.8 cm³/mol. The molecule has 1 aromatic carbocycles. The Morgan fingerprint density at radius 3 is 2.57 bits per heavy atom. The average molecular weight is 187 g/mol. The Morgan fingerprint density at radius 2 is 2.07 bits per heavy atom. The summed E-state index contributed by atoms with van der Waals surface area (Å²) in [6, 6.07) is 6.94. The van der Waals surface area contributed by atoms with Gasteiger partial charge in [-0.25, -0.2) is 9.64 Å². The SMILES string of the molecule is [C-]#[N+]c1ccc(C=CC(=O)OC)cc1. The van der Waals surface area contributed by atoms with E-state index in [0.717, 1.165) is 5.56 Å². The van der Waals surface area contributed by atoms with Gasteiger partial charge in [0.2, 0.25) is 0 Å². The lowest BCUT2D eigenvalue weighted by molar-refractivity contribution is -0.134. The standard InChI is InChI=1S/C11H9NO2/c1-12-10-6-3-9(4-7-10)5-8-11(13)14-2/h3-8H,2H3. The van der Waals surface area contributed by atoms with Crippen LogP contribution in [0.1, 0.15) is 5.56 Å². The molecule has 0 saturated heterocycles. The summed E-state index contributed by atoms with van der Waals surface area (Å²) in [4.78, 5) is 14.0. The van der Waals surface area contributed by atoms with Gasteiger partial charge in [0.05, 0.1) is 13.7 Å². The van der Waals surface area contributed by atoms with E-state index in [9.17, 15) is 4.79 Å². The number of hydrogen-bond donors (Lipinski definition) is 0. The number of carbonyl (C=O) groups is 1. The Bertz CT molecular complexity index is 385. The summed E-state index contributed by atoms with van der Waals surface area (Å²) < 4.78 is 4.44. The fourth-order valence-electron chi connectivity index (χ4n) is 0.892. The summed E-state index contributed by atoms with van der Waals surface area (Å²) in [5, 5.41) is 0. The highest BCUT2D eigenvalue weighted by molar-refractivity contribution is 5.86. The Kier molecular flexibility index (Phi) is 3.45. The quantitative estimate of drug-likeness (QED) is 0.404. The molecule has 1 aromatic rings. The molecule has 0 atom stereocenters. The molecule has 0 heterocycles. The second kappa shape index (κ2) is 4.83. The van der Waals surface area contributed by atoms with Crippen LogP contribution in [0.3, 0.4) is 0 Å². The predicted octanol–water partition coefficient (Wildman–Crippen LogP) is 2.42. The second-order valence-electron chi connectivity index (χ2n) is 2.56. The van der Waals surface area contributed by atoms with Crippen LogP contribution >= 0.6 is 0 Å². The number of ether oxygens (including phenoxy) is 1. The summed E-state index contributed by atoms with van der Waals surface area (Å²) in [7, 11) is 1.33. The lowest BCUT2D eigenvalue weighted by atomic mass is 10.2. The van der Waals surface area contributed by atoms with E-state index in [1.165, 1.54) is 13.2 Å². The van der Waals surface area contributed by atoms with Crippen LogP contribution in [0.2, 0.25) is 0 Å². The van der Waals surface area contributed by atoms with Crippen molar-refractivity contribution in [1.82, 2.24) is 0 Å². The van der Waals surface area contributed by atoms with Crippen molar-refractivity contribution in [3.8, 4) is 0 Å². The molecule has 0 aliphatic rings. The zero-order chi connectivity index (χ0) is 10.4. The molecule has 0 N–H and O–H groups in total. The topological polar surface area (TPSA) is 30.7 Å². The number of methoxy groups -OCH3 is 1. The van der Waals surface area contributed by atoms with Crippen molar-refractivity contribution >= 4 is 17.7 Å². The Balaban J connectivity index is 2.74. The highest BCUT2D eigenvalue weighted by atomic mass is 16.5. The molecule has 1 rings (SSSR count). The number of benzene rings is 1. The van der Waals surface area contributed by atoms with Crippen LogP contribution < -0.4 is 0 Å². The molecular weight excluding hydrogens is 178 g/mol. The molecule has 3 nitrogen and oxygen atoms in total. The van der Waals surface area contributed by atoms with E-state index in [-0.39, 0.29) is 5.97 Å². The van der Waals surface area contributed by atoms with Crippen molar-refractivity contribution in [3.05, 3.63) is 47.3 Å². The molecule has 0 amide bonds. The highest BCUT2D eigenvalue weighted by Crippen LogP contribution is 2.13. The van der Waals surface area contributed by atoms with Crippen molar-refractivity contribution in [2.24, 2.45) is 0 Å². The van der Waals surface area contributed by atoms with Gasteiger partial charge in [-0.05, 0) is 11.6 Å². The fraction of sp³-hybridized carbons (Fsp3) is 0.0909. The van der Waals surface area contributed by atoms with Crippen LogP contribution in [0, 0.1) is 6.57 Å². The molecule has 0 spiro atoms. The monoisotopic (exact) mass is 187 g/mol. The minimum Gasteiger partial charge on any atom is -0.466 e. The third-order valence-electron chi connectivity index (χ3n) is 1.64. The van der Waals surface area contributed by atoms with Gasteiger partial charge in [-0.2, -0.15) is 0 Å². The molecule has 14 heavy (non-hydrogen) atoms. The third kappa shape index (κ3) is 2.76. The normalized spacial score (nSPS) is 9.71. The molecule has 0 aliphatic heterocycles. The Hall–Kier alpha value is -2.08. The van der Waals surface area contributed by atoms with Crippen molar-refractivity contribution in [2.75, 3.05) is 7.11 Å². The number of nitrogens with zero attached hydrogens (tertiary/aromatic N) is 1.